The van der Waals surface area contributed by atoms with E-state index in [1.54, 1.807) is 10.9 Å². The molecule has 18 heavy (non-hydrogen) atoms. The Morgan fingerprint density at radius 3 is 3.00 bits per heavy atom. The minimum absolute atomic E-state index is 0.641. The first-order chi connectivity index (χ1) is 8.93. The van der Waals surface area contributed by atoms with Crippen LogP contribution >= 0.6 is 11.5 Å². The Morgan fingerprint density at radius 2 is 2.22 bits per heavy atom. The zero-order valence-corrected chi connectivity index (χ0v) is 10.2. The van der Waals surface area contributed by atoms with E-state index in [-0.39, 0.29) is 0 Å². The molecule has 1 aromatic carbocycles. The van der Waals surface area contributed by atoms with Crippen molar-refractivity contribution in [1.29, 1.82) is 0 Å². The van der Waals surface area contributed by atoms with Crippen LogP contribution in [0.4, 0.5) is 5.69 Å². The van der Waals surface area contributed by atoms with Crippen molar-refractivity contribution in [1.82, 2.24) is 24.6 Å². The average Bonchev–Trinajstić information content (AvgIpc) is 3.10. The molecule has 90 valence electrons. The highest BCUT2D eigenvalue weighted by Crippen LogP contribution is 2.19. The Labute approximate surface area is 107 Å². The van der Waals surface area contributed by atoms with E-state index < -0.39 is 0 Å². The third kappa shape index (κ3) is 2.21. The molecule has 0 saturated carbocycles. The van der Waals surface area contributed by atoms with E-state index in [2.05, 4.69) is 25.2 Å². The molecule has 6 nitrogen and oxygen atoms in total. The monoisotopic (exact) mass is 258 g/mol. The topological polar surface area (TPSA) is 68.5 Å². The highest BCUT2D eigenvalue weighted by atomic mass is 32.1. The van der Waals surface area contributed by atoms with E-state index in [1.165, 1.54) is 11.5 Å². The Balaban J connectivity index is 1.84. The van der Waals surface area contributed by atoms with Gasteiger partial charge in [-0.15, -0.1) is 10.2 Å². The molecule has 0 spiro atoms. The highest BCUT2D eigenvalue weighted by molar-refractivity contribution is 7.03. The number of para-hydroxylation sites is 2. The summed E-state index contributed by atoms with van der Waals surface area (Å²) in [6.07, 6.45) is 3.46. The maximum atomic E-state index is 3.99. The summed E-state index contributed by atoms with van der Waals surface area (Å²) in [5.41, 5.74) is 2.86. The molecule has 0 radical (unpaired) electrons. The van der Waals surface area contributed by atoms with Crippen LogP contribution in [0.5, 0.6) is 0 Å². The first-order valence-corrected chi connectivity index (χ1v) is 6.22. The second-order valence-corrected chi connectivity index (χ2v) is 4.22. The summed E-state index contributed by atoms with van der Waals surface area (Å²) in [5, 5.41) is 17.0. The van der Waals surface area contributed by atoms with Crippen molar-refractivity contribution in [3.8, 4) is 5.69 Å². The van der Waals surface area contributed by atoms with Gasteiger partial charge in [-0.2, -0.15) is 0 Å². The van der Waals surface area contributed by atoms with Crippen molar-refractivity contribution >= 4 is 17.2 Å². The molecule has 0 bridgehead atoms. The zero-order chi connectivity index (χ0) is 12.2. The minimum Gasteiger partial charge on any atom is -0.378 e. The Kier molecular flexibility index (Phi) is 2.97. The fourth-order valence-corrected chi connectivity index (χ4v) is 2.06. The second kappa shape index (κ2) is 4.92. The number of nitrogens with one attached hydrogen (secondary N) is 1. The van der Waals surface area contributed by atoms with Gasteiger partial charge in [-0.25, -0.2) is 4.68 Å². The molecule has 0 saturated heterocycles. The summed E-state index contributed by atoms with van der Waals surface area (Å²) < 4.78 is 5.55. The van der Waals surface area contributed by atoms with Crippen LogP contribution in [0, 0.1) is 0 Å². The molecule has 3 aromatic rings. The van der Waals surface area contributed by atoms with Crippen LogP contribution in [0.2, 0.25) is 0 Å². The van der Waals surface area contributed by atoms with E-state index in [0.717, 1.165) is 17.1 Å². The van der Waals surface area contributed by atoms with Gasteiger partial charge in [-0.05, 0) is 23.7 Å². The molecule has 0 amide bonds. The summed E-state index contributed by atoms with van der Waals surface area (Å²) >= 11 is 1.35. The fourth-order valence-electron chi connectivity index (χ4n) is 1.61. The lowest BCUT2D eigenvalue weighted by Gasteiger charge is -2.10. The van der Waals surface area contributed by atoms with Crippen LogP contribution in [0.3, 0.4) is 0 Å². The third-order valence-corrected chi connectivity index (χ3v) is 2.99. The molecule has 3 rings (SSSR count). The van der Waals surface area contributed by atoms with Gasteiger partial charge in [-0.3, -0.25) is 0 Å². The van der Waals surface area contributed by atoms with E-state index >= 15 is 0 Å². The van der Waals surface area contributed by atoms with Gasteiger partial charge in [-0.1, -0.05) is 21.8 Å². The van der Waals surface area contributed by atoms with Gasteiger partial charge in [0.2, 0.25) is 0 Å². The maximum absolute atomic E-state index is 3.99. The maximum Gasteiger partial charge on any atom is 0.0946 e. The Bertz CT molecular complexity index is 604. The number of hydrogen-bond acceptors (Lipinski definition) is 6. The van der Waals surface area contributed by atoms with Crippen LogP contribution in [-0.2, 0) is 6.54 Å². The van der Waals surface area contributed by atoms with Crippen LogP contribution in [0.25, 0.3) is 5.69 Å². The first-order valence-electron chi connectivity index (χ1n) is 5.39. The number of benzene rings is 1. The lowest BCUT2D eigenvalue weighted by Crippen LogP contribution is -2.05. The molecule has 0 aliphatic carbocycles. The summed E-state index contributed by atoms with van der Waals surface area (Å²) in [6, 6.07) is 7.92. The summed E-state index contributed by atoms with van der Waals surface area (Å²) in [5.74, 6) is 0. The predicted octanol–water partition coefficient (Wildman–Crippen LogP) is 1.73. The number of aromatic nitrogens is 5. The van der Waals surface area contributed by atoms with E-state index in [0.29, 0.717) is 6.54 Å². The third-order valence-electron chi connectivity index (χ3n) is 2.44. The lowest BCUT2D eigenvalue weighted by molar-refractivity contribution is 0.803. The molecule has 0 aliphatic rings. The van der Waals surface area contributed by atoms with Gasteiger partial charge in [0, 0.05) is 5.38 Å². The van der Waals surface area contributed by atoms with Crippen molar-refractivity contribution in [2.24, 2.45) is 0 Å². The summed E-state index contributed by atoms with van der Waals surface area (Å²) in [7, 11) is 0. The van der Waals surface area contributed by atoms with Crippen molar-refractivity contribution in [3.63, 3.8) is 0 Å². The highest BCUT2D eigenvalue weighted by Gasteiger charge is 2.04. The standard InChI is InChI=1S/C11H10N6S/c1-2-4-11(17-6-5-13-15-17)10(3-1)12-7-9-8-18-16-14-9/h1-6,8,12H,7H2. The van der Waals surface area contributed by atoms with E-state index in [4.69, 9.17) is 0 Å². The minimum atomic E-state index is 0.641. The molecular formula is C11H10N6S. The number of rotatable bonds is 4. The number of nitrogens with zero attached hydrogens (tertiary/aromatic N) is 5. The molecule has 0 atom stereocenters. The molecular weight excluding hydrogens is 248 g/mol. The summed E-state index contributed by atoms with van der Waals surface area (Å²) in [6.45, 7) is 0.641. The molecule has 2 heterocycles. The zero-order valence-electron chi connectivity index (χ0n) is 9.39. The molecule has 0 aliphatic heterocycles. The largest absolute Gasteiger partial charge is 0.378 e. The van der Waals surface area contributed by atoms with Gasteiger partial charge in [0.05, 0.1) is 36.0 Å². The lowest BCUT2D eigenvalue weighted by atomic mass is 10.2. The number of hydrogen-bond donors (Lipinski definition) is 1. The van der Waals surface area contributed by atoms with Crippen molar-refractivity contribution in [3.05, 3.63) is 47.7 Å². The molecule has 0 fully saturated rings. The van der Waals surface area contributed by atoms with Crippen LogP contribution < -0.4 is 5.32 Å². The van der Waals surface area contributed by atoms with Crippen molar-refractivity contribution in [2.75, 3.05) is 5.32 Å². The number of anilines is 1. The van der Waals surface area contributed by atoms with Gasteiger partial charge >= 0.3 is 0 Å². The van der Waals surface area contributed by atoms with Gasteiger partial charge in [0.15, 0.2) is 0 Å². The van der Waals surface area contributed by atoms with Crippen LogP contribution in [-0.4, -0.2) is 24.6 Å². The SMILES string of the molecule is c1ccc(-n2ccnn2)c(NCc2csnn2)c1. The normalized spacial score (nSPS) is 10.4. The average molecular weight is 258 g/mol. The fraction of sp³-hybridized carbons (Fsp3) is 0.0909. The van der Waals surface area contributed by atoms with E-state index in [9.17, 15) is 0 Å². The Hall–Kier alpha value is -2.28. The smallest absolute Gasteiger partial charge is 0.0946 e. The van der Waals surface area contributed by atoms with Crippen molar-refractivity contribution in [2.45, 2.75) is 6.54 Å². The van der Waals surface area contributed by atoms with Crippen LogP contribution in [0.1, 0.15) is 5.69 Å². The van der Waals surface area contributed by atoms with Gasteiger partial charge in [0.25, 0.3) is 0 Å². The molecule has 1 N–H and O–H groups in total. The van der Waals surface area contributed by atoms with Crippen molar-refractivity contribution < 1.29 is 0 Å². The molecule has 2 aromatic heterocycles. The predicted molar refractivity (Wildman–Crippen MR) is 68.6 cm³/mol. The summed E-state index contributed by atoms with van der Waals surface area (Å²) in [4.78, 5) is 0. The molecule has 0 unspecified atom stereocenters. The van der Waals surface area contributed by atoms with Crippen LogP contribution in [0.15, 0.2) is 42.0 Å². The van der Waals surface area contributed by atoms with Gasteiger partial charge in [0.1, 0.15) is 0 Å². The second-order valence-electron chi connectivity index (χ2n) is 3.61. The Morgan fingerprint density at radius 1 is 1.28 bits per heavy atom. The molecule has 7 heteroatoms. The quantitative estimate of drug-likeness (QED) is 0.772. The first kappa shape index (κ1) is 10.8. The van der Waals surface area contributed by atoms with E-state index in [1.807, 2.05) is 35.8 Å². The van der Waals surface area contributed by atoms with Gasteiger partial charge < -0.3 is 5.32 Å².